The number of nitrogens with zero attached hydrogens (tertiary/aromatic N) is 3. The molecule has 0 aromatic carbocycles. The molecule has 0 aliphatic heterocycles. The van der Waals surface area contributed by atoms with Crippen molar-refractivity contribution in [1.29, 1.82) is 0 Å². The quantitative estimate of drug-likeness (QED) is 0.700. The first-order valence-corrected chi connectivity index (χ1v) is 5.60. The maximum absolute atomic E-state index is 5.92. The fourth-order valence-corrected chi connectivity index (χ4v) is 2.70. The van der Waals surface area contributed by atoms with E-state index >= 15 is 0 Å². The van der Waals surface area contributed by atoms with Crippen molar-refractivity contribution in [3.8, 4) is 0 Å². The summed E-state index contributed by atoms with van der Waals surface area (Å²) in [6, 6.07) is 1.78. The van der Waals surface area contributed by atoms with Gasteiger partial charge in [-0.05, 0) is 12.0 Å². The Kier molecular flexibility index (Phi) is 1.76. The molecule has 0 atom stereocenters. The third-order valence-electron chi connectivity index (χ3n) is 3.13. The highest BCUT2D eigenvalue weighted by molar-refractivity contribution is 6.29. The normalized spacial score (nSPS) is 18.1. The van der Waals surface area contributed by atoms with Gasteiger partial charge in [0.1, 0.15) is 0 Å². The molecule has 1 aliphatic carbocycles. The van der Waals surface area contributed by atoms with Gasteiger partial charge in [-0.1, -0.05) is 32.0 Å². The second-order valence-corrected chi connectivity index (χ2v) is 5.31. The van der Waals surface area contributed by atoms with Crippen LogP contribution in [0.15, 0.2) is 18.8 Å². The number of hydrogen-bond donors (Lipinski definition) is 0. The van der Waals surface area contributed by atoms with Gasteiger partial charge in [0, 0.05) is 23.2 Å². The number of halogens is 1. The highest BCUT2D eigenvalue weighted by atomic mass is 35.5. The average molecular weight is 234 g/mol. The van der Waals surface area contributed by atoms with Crippen LogP contribution in [0.1, 0.15) is 31.5 Å². The van der Waals surface area contributed by atoms with Crippen LogP contribution < -0.4 is 0 Å². The van der Waals surface area contributed by atoms with Gasteiger partial charge in [0.05, 0.1) is 5.69 Å². The first-order chi connectivity index (χ1) is 7.49. The summed E-state index contributed by atoms with van der Waals surface area (Å²) in [7, 11) is 0. The topological polar surface area (TPSA) is 30.2 Å². The third-order valence-corrected chi connectivity index (χ3v) is 3.32. The summed E-state index contributed by atoms with van der Waals surface area (Å²) in [4.78, 5) is 4.34. The molecular weight excluding hydrogens is 222 g/mol. The monoisotopic (exact) mass is 233 g/mol. The fourth-order valence-electron chi connectivity index (χ4n) is 2.53. The SMILES string of the molecule is C=C1CC(C)(C)c2c1cnc1cc(Cl)nn21. The predicted molar refractivity (Wildman–Crippen MR) is 64.7 cm³/mol. The van der Waals surface area contributed by atoms with E-state index in [9.17, 15) is 0 Å². The van der Waals surface area contributed by atoms with Crippen molar-refractivity contribution in [2.75, 3.05) is 0 Å². The van der Waals surface area contributed by atoms with Gasteiger partial charge in [-0.2, -0.15) is 5.10 Å². The smallest absolute Gasteiger partial charge is 0.156 e. The van der Waals surface area contributed by atoms with Crippen molar-refractivity contribution in [2.24, 2.45) is 0 Å². The molecule has 0 bridgehead atoms. The Morgan fingerprint density at radius 1 is 1.50 bits per heavy atom. The number of aromatic nitrogens is 3. The largest absolute Gasteiger partial charge is 0.236 e. The Bertz CT molecular complexity index is 610. The summed E-state index contributed by atoms with van der Waals surface area (Å²) in [5.41, 5.74) is 4.24. The summed E-state index contributed by atoms with van der Waals surface area (Å²) in [6.45, 7) is 8.48. The molecule has 0 radical (unpaired) electrons. The lowest BCUT2D eigenvalue weighted by molar-refractivity contribution is 0.528. The minimum atomic E-state index is 0.0446. The summed E-state index contributed by atoms with van der Waals surface area (Å²) in [5.74, 6) is 0. The van der Waals surface area contributed by atoms with Crippen molar-refractivity contribution in [1.82, 2.24) is 14.6 Å². The highest BCUT2D eigenvalue weighted by Gasteiger charge is 2.35. The van der Waals surface area contributed by atoms with Crippen molar-refractivity contribution in [2.45, 2.75) is 25.7 Å². The molecule has 2 aromatic rings. The fraction of sp³-hybridized carbons (Fsp3) is 0.333. The van der Waals surface area contributed by atoms with Gasteiger partial charge in [0.25, 0.3) is 0 Å². The van der Waals surface area contributed by atoms with Crippen LogP contribution in [0.2, 0.25) is 5.15 Å². The van der Waals surface area contributed by atoms with Crippen LogP contribution in [0.4, 0.5) is 0 Å². The predicted octanol–water partition coefficient (Wildman–Crippen LogP) is 3.08. The summed E-state index contributed by atoms with van der Waals surface area (Å²) in [5, 5.41) is 4.77. The number of rotatable bonds is 0. The zero-order valence-corrected chi connectivity index (χ0v) is 10.0. The Morgan fingerprint density at radius 2 is 2.25 bits per heavy atom. The Labute approximate surface area is 98.8 Å². The minimum absolute atomic E-state index is 0.0446. The van der Waals surface area contributed by atoms with Crippen LogP contribution in [-0.4, -0.2) is 14.6 Å². The zero-order valence-electron chi connectivity index (χ0n) is 9.29. The van der Waals surface area contributed by atoms with Gasteiger partial charge in [-0.25, -0.2) is 9.50 Å². The van der Waals surface area contributed by atoms with E-state index in [0.717, 1.165) is 28.9 Å². The molecule has 0 unspecified atom stereocenters. The van der Waals surface area contributed by atoms with Crippen molar-refractivity contribution < 1.29 is 0 Å². The molecule has 0 amide bonds. The Hall–Kier alpha value is -1.35. The lowest BCUT2D eigenvalue weighted by atomic mass is 9.90. The van der Waals surface area contributed by atoms with Gasteiger partial charge in [0.2, 0.25) is 0 Å². The average Bonchev–Trinajstić information content (AvgIpc) is 2.63. The highest BCUT2D eigenvalue weighted by Crippen LogP contribution is 2.43. The van der Waals surface area contributed by atoms with Gasteiger partial charge in [-0.3, -0.25) is 0 Å². The maximum Gasteiger partial charge on any atom is 0.156 e. The van der Waals surface area contributed by atoms with E-state index in [1.807, 2.05) is 10.7 Å². The molecule has 16 heavy (non-hydrogen) atoms. The zero-order chi connectivity index (χ0) is 11.5. The van der Waals surface area contributed by atoms with Gasteiger partial charge >= 0.3 is 0 Å². The number of allylic oxidation sites excluding steroid dienone is 1. The van der Waals surface area contributed by atoms with E-state index in [4.69, 9.17) is 11.6 Å². The van der Waals surface area contributed by atoms with Crippen LogP contribution >= 0.6 is 11.6 Å². The van der Waals surface area contributed by atoms with Crippen LogP contribution in [0, 0.1) is 0 Å². The number of fused-ring (bicyclic) bond motifs is 3. The van der Waals surface area contributed by atoms with E-state index < -0.39 is 0 Å². The molecule has 4 heteroatoms. The molecule has 3 nitrogen and oxygen atoms in total. The van der Waals surface area contributed by atoms with Crippen LogP contribution in [-0.2, 0) is 5.41 Å². The Morgan fingerprint density at radius 3 is 3.00 bits per heavy atom. The molecule has 2 aromatic heterocycles. The van der Waals surface area contributed by atoms with E-state index in [0.29, 0.717) is 5.15 Å². The van der Waals surface area contributed by atoms with E-state index in [2.05, 4.69) is 30.5 Å². The van der Waals surface area contributed by atoms with E-state index in [1.54, 1.807) is 6.07 Å². The van der Waals surface area contributed by atoms with Crippen molar-refractivity contribution in [3.05, 3.63) is 35.3 Å². The lowest BCUT2D eigenvalue weighted by Gasteiger charge is -2.18. The van der Waals surface area contributed by atoms with Crippen molar-refractivity contribution >= 4 is 22.8 Å². The van der Waals surface area contributed by atoms with Gasteiger partial charge < -0.3 is 0 Å². The summed E-state index contributed by atoms with van der Waals surface area (Å²) in [6.07, 6.45) is 2.82. The van der Waals surface area contributed by atoms with Crippen LogP contribution in [0.3, 0.4) is 0 Å². The van der Waals surface area contributed by atoms with E-state index in [1.165, 1.54) is 0 Å². The molecule has 82 valence electrons. The van der Waals surface area contributed by atoms with Crippen LogP contribution in [0.25, 0.3) is 11.2 Å². The second-order valence-electron chi connectivity index (χ2n) is 4.92. The minimum Gasteiger partial charge on any atom is -0.236 e. The van der Waals surface area contributed by atoms with Gasteiger partial charge in [-0.15, -0.1) is 0 Å². The lowest BCUT2D eigenvalue weighted by Crippen LogP contribution is -2.17. The molecular formula is C12H12ClN3. The molecule has 0 fully saturated rings. The molecule has 0 saturated heterocycles. The third kappa shape index (κ3) is 1.15. The molecule has 0 spiro atoms. The summed E-state index contributed by atoms with van der Waals surface area (Å²) >= 11 is 5.92. The van der Waals surface area contributed by atoms with Gasteiger partial charge in [0.15, 0.2) is 10.8 Å². The second kappa shape index (κ2) is 2.86. The van der Waals surface area contributed by atoms with Crippen LogP contribution in [0.5, 0.6) is 0 Å². The van der Waals surface area contributed by atoms with E-state index in [-0.39, 0.29) is 5.41 Å². The molecule has 1 aliphatic rings. The van der Waals surface area contributed by atoms with Crippen molar-refractivity contribution in [3.63, 3.8) is 0 Å². The number of hydrogen-bond acceptors (Lipinski definition) is 2. The Balaban J connectivity index is 2.46. The first-order valence-electron chi connectivity index (χ1n) is 5.22. The molecule has 0 N–H and O–H groups in total. The standard InChI is InChI=1S/C12H12ClN3/c1-7-5-12(2,3)11-8(7)6-14-10-4-9(13)15-16(10)11/h4,6H,1,5H2,2-3H3. The molecule has 2 heterocycles. The molecule has 3 rings (SSSR count). The molecule has 0 saturated carbocycles. The maximum atomic E-state index is 5.92. The first kappa shape index (κ1) is 9.85. The summed E-state index contributed by atoms with van der Waals surface area (Å²) < 4.78 is 1.84.